The number of H-pyrrole nitrogens is 1. The standard InChI is InChI=1S/C23H21F3N10/c1-35-2-4-36(5-3-35)22-32-9-14(10-33-22)8-30-21-31-11-15(7-27)19(34-21)18-13-29-20-17(18)6-16(12-28-20)23(24,25)26/h6,9-13H,2-5,8H2,1H3,(H,28,29)(H,30,31,34). The summed E-state index contributed by atoms with van der Waals surface area (Å²) in [7, 11) is 2.08. The zero-order valence-electron chi connectivity index (χ0n) is 19.2. The lowest BCUT2D eigenvalue weighted by molar-refractivity contribution is -0.137. The number of nitriles is 1. The second-order valence-corrected chi connectivity index (χ2v) is 8.42. The van der Waals surface area contributed by atoms with E-state index >= 15 is 0 Å². The summed E-state index contributed by atoms with van der Waals surface area (Å²) in [4.78, 5) is 28.6. The minimum absolute atomic E-state index is 0.124. The average molecular weight is 494 g/mol. The van der Waals surface area contributed by atoms with Crippen molar-refractivity contribution in [3.05, 3.63) is 53.7 Å². The van der Waals surface area contributed by atoms with Gasteiger partial charge in [0.1, 0.15) is 11.7 Å². The molecule has 2 N–H and O–H groups in total. The molecule has 0 bridgehead atoms. The molecule has 13 heteroatoms. The molecule has 10 nitrogen and oxygen atoms in total. The lowest BCUT2D eigenvalue weighted by Crippen LogP contribution is -2.45. The average Bonchev–Trinajstić information content (AvgIpc) is 3.31. The van der Waals surface area contributed by atoms with Gasteiger partial charge in [-0.2, -0.15) is 18.4 Å². The first kappa shape index (κ1) is 23.4. The van der Waals surface area contributed by atoms with E-state index in [2.05, 4.69) is 52.1 Å². The maximum absolute atomic E-state index is 13.2. The zero-order valence-corrected chi connectivity index (χ0v) is 19.2. The van der Waals surface area contributed by atoms with Gasteiger partial charge in [-0.1, -0.05) is 0 Å². The molecule has 5 rings (SSSR count). The number of anilines is 2. The van der Waals surface area contributed by atoms with Crippen LogP contribution in [-0.4, -0.2) is 68.0 Å². The summed E-state index contributed by atoms with van der Waals surface area (Å²) < 4.78 is 39.7. The Labute approximate surface area is 203 Å². The van der Waals surface area contributed by atoms with Crippen LogP contribution in [0.3, 0.4) is 0 Å². The van der Waals surface area contributed by atoms with E-state index in [4.69, 9.17) is 0 Å². The second kappa shape index (κ2) is 9.38. The molecule has 0 saturated carbocycles. The van der Waals surface area contributed by atoms with Gasteiger partial charge < -0.3 is 20.1 Å². The summed E-state index contributed by atoms with van der Waals surface area (Å²) in [5, 5.41) is 12.8. The molecule has 4 aromatic rings. The molecule has 1 aliphatic heterocycles. The summed E-state index contributed by atoms with van der Waals surface area (Å²) in [5.41, 5.74) is 0.816. The first-order valence-corrected chi connectivity index (χ1v) is 11.1. The van der Waals surface area contributed by atoms with Crippen molar-refractivity contribution in [2.75, 3.05) is 43.4 Å². The molecule has 0 aromatic carbocycles. The third kappa shape index (κ3) is 4.76. The number of piperazine rings is 1. The molecule has 0 unspecified atom stereocenters. The Morgan fingerprint density at radius 2 is 1.81 bits per heavy atom. The summed E-state index contributed by atoms with van der Waals surface area (Å²) in [5.74, 6) is 0.886. The van der Waals surface area contributed by atoms with Crippen molar-refractivity contribution < 1.29 is 13.2 Å². The van der Waals surface area contributed by atoms with Crippen LogP contribution < -0.4 is 10.2 Å². The Morgan fingerprint density at radius 1 is 1.06 bits per heavy atom. The number of aromatic nitrogens is 6. The molecule has 5 heterocycles. The van der Waals surface area contributed by atoms with Crippen LogP contribution in [0.2, 0.25) is 0 Å². The molecule has 0 aliphatic carbocycles. The van der Waals surface area contributed by atoms with Gasteiger partial charge in [0.2, 0.25) is 11.9 Å². The van der Waals surface area contributed by atoms with E-state index in [1.807, 2.05) is 6.07 Å². The zero-order chi connectivity index (χ0) is 25.3. The lowest BCUT2D eigenvalue weighted by atomic mass is 10.1. The van der Waals surface area contributed by atoms with Crippen LogP contribution in [0.15, 0.2) is 37.1 Å². The van der Waals surface area contributed by atoms with Crippen molar-refractivity contribution in [1.82, 2.24) is 34.8 Å². The first-order valence-electron chi connectivity index (χ1n) is 11.1. The summed E-state index contributed by atoms with van der Waals surface area (Å²) in [6.07, 6.45) is 2.48. The Kier molecular flexibility index (Phi) is 6.11. The number of rotatable bonds is 5. The fraction of sp³-hybridized carbons (Fsp3) is 0.304. The fourth-order valence-electron chi connectivity index (χ4n) is 3.90. The highest BCUT2D eigenvalue weighted by molar-refractivity contribution is 5.94. The van der Waals surface area contributed by atoms with Crippen LogP contribution in [0.4, 0.5) is 25.1 Å². The number of nitrogens with one attached hydrogen (secondary N) is 2. The summed E-state index contributed by atoms with van der Waals surface area (Å²) >= 11 is 0. The molecule has 0 spiro atoms. The van der Waals surface area contributed by atoms with E-state index in [-0.39, 0.29) is 28.2 Å². The minimum atomic E-state index is -4.55. The van der Waals surface area contributed by atoms with Crippen LogP contribution in [0.1, 0.15) is 16.7 Å². The van der Waals surface area contributed by atoms with E-state index in [0.29, 0.717) is 18.1 Å². The Morgan fingerprint density at radius 3 is 2.50 bits per heavy atom. The number of nitrogens with zero attached hydrogens (tertiary/aromatic N) is 8. The largest absolute Gasteiger partial charge is 0.417 e. The number of aromatic amines is 1. The van der Waals surface area contributed by atoms with Gasteiger partial charge >= 0.3 is 6.18 Å². The Bertz CT molecular complexity index is 1420. The summed E-state index contributed by atoms with van der Waals surface area (Å²) in [6, 6.07) is 2.99. The third-order valence-electron chi connectivity index (χ3n) is 5.95. The van der Waals surface area contributed by atoms with Gasteiger partial charge in [-0.3, -0.25) is 0 Å². The normalized spacial score (nSPS) is 14.7. The molecule has 36 heavy (non-hydrogen) atoms. The second-order valence-electron chi connectivity index (χ2n) is 8.42. The van der Waals surface area contributed by atoms with Crippen molar-refractivity contribution in [2.24, 2.45) is 0 Å². The van der Waals surface area contributed by atoms with Gasteiger partial charge in [0, 0.05) is 74.0 Å². The third-order valence-corrected chi connectivity index (χ3v) is 5.95. The van der Waals surface area contributed by atoms with Crippen LogP contribution in [0.25, 0.3) is 22.3 Å². The van der Waals surface area contributed by atoms with Gasteiger partial charge in [-0.15, -0.1) is 0 Å². The minimum Gasteiger partial charge on any atom is -0.350 e. The number of fused-ring (bicyclic) bond motifs is 1. The van der Waals surface area contributed by atoms with Crippen LogP contribution in [0, 0.1) is 11.3 Å². The molecule has 4 aromatic heterocycles. The van der Waals surface area contributed by atoms with Crippen molar-refractivity contribution in [3.63, 3.8) is 0 Å². The van der Waals surface area contributed by atoms with E-state index in [9.17, 15) is 18.4 Å². The van der Waals surface area contributed by atoms with E-state index in [1.165, 1.54) is 12.4 Å². The monoisotopic (exact) mass is 494 g/mol. The quantitative estimate of drug-likeness (QED) is 0.431. The smallest absolute Gasteiger partial charge is 0.350 e. The maximum Gasteiger partial charge on any atom is 0.417 e. The molecule has 1 fully saturated rings. The maximum atomic E-state index is 13.2. The van der Waals surface area contributed by atoms with Crippen molar-refractivity contribution in [1.29, 1.82) is 5.26 Å². The van der Waals surface area contributed by atoms with Gasteiger partial charge in [-0.05, 0) is 13.1 Å². The Balaban J connectivity index is 1.36. The highest BCUT2D eigenvalue weighted by Gasteiger charge is 2.31. The number of hydrogen-bond acceptors (Lipinski definition) is 9. The van der Waals surface area contributed by atoms with Crippen LogP contribution in [0.5, 0.6) is 0 Å². The number of alkyl halides is 3. The molecule has 1 saturated heterocycles. The molecule has 184 valence electrons. The van der Waals surface area contributed by atoms with Crippen LogP contribution in [-0.2, 0) is 12.7 Å². The number of pyridine rings is 1. The first-order chi connectivity index (χ1) is 17.3. The fourth-order valence-corrected chi connectivity index (χ4v) is 3.90. The predicted octanol–water partition coefficient (Wildman–Crippen LogP) is 3.06. The molecule has 0 amide bonds. The molecule has 0 atom stereocenters. The van der Waals surface area contributed by atoms with E-state index < -0.39 is 11.7 Å². The molecular weight excluding hydrogens is 473 g/mol. The molecule has 0 radical (unpaired) electrons. The predicted molar refractivity (Wildman–Crippen MR) is 126 cm³/mol. The van der Waals surface area contributed by atoms with Gasteiger partial charge in [0.05, 0.1) is 23.0 Å². The van der Waals surface area contributed by atoms with Crippen LogP contribution >= 0.6 is 0 Å². The van der Waals surface area contributed by atoms with E-state index in [0.717, 1.165) is 44.0 Å². The van der Waals surface area contributed by atoms with Gasteiger partial charge in [0.25, 0.3) is 0 Å². The number of hydrogen-bond donors (Lipinski definition) is 2. The lowest BCUT2D eigenvalue weighted by Gasteiger charge is -2.32. The van der Waals surface area contributed by atoms with Gasteiger partial charge in [0.15, 0.2) is 0 Å². The topological polar surface area (TPSA) is 123 Å². The van der Waals surface area contributed by atoms with Gasteiger partial charge in [-0.25, -0.2) is 24.9 Å². The molecule has 1 aliphatic rings. The highest BCUT2D eigenvalue weighted by atomic mass is 19.4. The van der Waals surface area contributed by atoms with E-state index in [1.54, 1.807) is 12.4 Å². The van der Waals surface area contributed by atoms with Crippen molar-refractivity contribution >= 4 is 22.9 Å². The SMILES string of the molecule is CN1CCN(c2ncc(CNc3ncc(C#N)c(-c4c[nH]c5ncc(C(F)(F)F)cc45)n3)cn2)CC1. The van der Waals surface area contributed by atoms with Crippen molar-refractivity contribution in [2.45, 2.75) is 12.7 Å². The summed E-state index contributed by atoms with van der Waals surface area (Å²) in [6.45, 7) is 3.96. The number of halogens is 3. The number of likely N-dealkylation sites (N-methyl/N-ethyl adjacent to an activating group) is 1. The highest BCUT2D eigenvalue weighted by Crippen LogP contribution is 2.34. The Hall–Kier alpha value is -4.31. The van der Waals surface area contributed by atoms with Crippen molar-refractivity contribution in [3.8, 4) is 17.3 Å². The molecular formula is C23H21F3N10.